The minimum Gasteiger partial charge on any atom is -0.339 e. The zero-order valence-corrected chi connectivity index (χ0v) is 12.6. The third-order valence-electron chi connectivity index (χ3n) is 3.45. The molecule has 0 radical (unpaired) electrons. The quantitative estimate of drug-likeness (QED) is 0.938. The second-order valence-corrected chi connectivity index (χ2v) is 5.23. The Labute approximate surface area is 129 Å². The summed E-state index contributed by atoms with van der Waals surface area (Å²) in [5, 5.41) is 8.11. The van der Waals surface area contributed by atoms with Crippen LogP contribution in [0.15, 0.2) is 28.8 Å². The van der Waals surface area contributed by atoms with E-state index in [0.29, 0.717) is 22.8 Å². The lowest BCUT2D eigenvalue weighted by molar-refractivity contribution is 0.369. The van der Waals surface area contributed by atoms with Gasteiger partial charge in [-0.05, 0) is 37.9 Å². The molecule has 6 heteroatoms. The Kier molecular flexibility index (Phi) is 5.40. The molecule has 20 heavy (non-hydrogen) atoms. The topological polar surface area (TPSA) is 51.0 Å². The molecule has 1 aromatic heterocycles. The van der Waals surface area contributed by atoms with Gasteiger partial charge in [-0.25, -0.2) is 0 Å². The van der Waals surface area contributed by atoms with Crippen LogP contribution in [-0.2, 0) is 6.42 Å². The minimum absolute atomic E-state index is 0. The van der Waals surface area contributed by atoms with Gasteiger partial charge in [0, 0.05) is 18.0 Å². The molecule has 1 atom stereocenters. The lowest BCUT2D eigenvalue weighted by atomic mass is 10.1. The van der Waals surface area contributed by atoms with Gasteiger partial charge in [0.05, 0.1) is 5.02 Å². The SMILES string of the molecule is Cl.Clc1ccccc1-c1noc(CCC2CCCN2)n1. The van der Waals surface area contributed by atoms with E-state index in [0.717, 1.165) is 24.9 Å². The zero-order valence-electron chi connectivity index (χ0n) is 11.0. The summed E-state index contributed by atoms with van der Waals surface area (Å²) in [5.41, 5.74) is 0.818. The fraction of sp³-hybridized carbons (Fsp3) is 0.429. The summed E-state index contributed by atoms with van der Waals surface area (Å²) in [4.78, 5) is 4.41. The van der Waals surface area contributed by atoms with Crippen molar-refractivity contribution in [3.05, 3.63) is 35.2 Å². The number of nitrogens with one attached hydrogen (secondary N) is 1. The maximum atomic E-state index is 6.12. The summed E-state index contributed by atoms with van der Waals surface area (Å²) in [6.07, 6.45) is 4.37. The van der Waals surface area contributed by atoms with Gasteiger partial charge in [-0.2, -0.15) is 4.98 Å². The van der Waals surface area contributed by atoms with Crippen molar-refractivity contribution in [2.45, 2.75) is 31.7 Å². The number of halogens is 2. The van der Waals surface area contributed by atoms with Crippen LogP contribution in [0.5, 0.6) is 0 Å². The standard InChI is InChI=1S/C14H16ClN3O.ClH/c15-12-6-2-1-5-11(12)14-17-13(19-18-14)8-7-10-4-3-9-16-10;/h1-2,5-6,10,16H,3-4,7-9H2;1H. The molecule has 1 aromatic carbocycles. The largest absolute Gasteiger partial charge is 0.339 e. The van der Waals surface area contributed by atoms with Crippen LogP contribution in [0, 0.1) is 0 Å². The van der Waals surface area contributed by atoms with E-state index in [-0.39, 0.29) is 12.4 Å². The van der Waals surface area contributed by atoms with Crippen molar-refractivity contribution in [3.8, 4) is 11.4 Å². The van der Waals surface area contributed by atoms with E-state index >= 15 is 0 Å². The molecule has 2 aromatic rings. The van der Waals surface area contributed by atoms with Crippen molar-refractivity contribution in [2.24, 2.45) is 0 Å². The Morgan fingerprint density at radius 3 is 2.95 bits per heavy atom. The predicted octanol–water partition coefficient (Wildman–Crippen LogP) is 3.50. The molecule has 0 saturated carbocycles. The van der Waals surface area contributed by atoms with Gasteiger partial charge in [-0.15, -0.1) is 12.4 Å². The van der Waals surface area contributed by atoms with Gasteiger partial charge in [0.15, 0.2) is 0 Å². The monoisotopic (exact) mass is 313 g/mol. The Balaban J connectivity index is 0.00000147. The van der Waals surface area contributed by atoms with Gasteiger partial charge in [-0.3, -0.25) is 0 Å². The lowest BCUT2D eigenvalue weighted by Crippen LogP contribution is -2.21. The van der Waals surface area contributed by atoms with Crippen molar-refractivity contribution in [3.63, 3.8) is 0 Å². The molecule has 0 bridgehead atoms. The van der Waals surface area contributed by atoms with Crippen LogP contribution < -0.4 is 5.32 Å². The van der Waals surface area contributed by atoms with Crippen LogP contribution in [0.1, 0.15) is 25.2 Å². The first kappa shape index (κ1) is 15.3. The fourth-order valence-electron chi connectivity index (χ4n) is 2.41. The smallest absolute Gasteiger partial charge is 0.227 e. The normalized spacial score (nSPS) is 17.9. The fourth-order valence-corrected chi connectivity index (χ4v) is 2.63. The molecule has 1 N–H and O–H groups in total. The molecule has 1 saturated heterocycles. The molecule has 108 valence electrons. The maximum absolute atomic E-state index is 6.12. The predicted molar refractivity (Wildman–Crippen MR) is 81.3 cm³/mol. The highest BCUT2D eigenvalue weighted by atomic mass is 35.5. The number of aryl methyl sites for hydroxylation is 1. The van der Waals surface area contributed by atoms with Gasteiger partial charge < -0.3 is 9.84 Å². The molecule has 0 amide bonds. The van der Waals surface area contributed by atoms with Gasteiger partial charge in [0.1, 0.15) is 0 Å². The summed E-state index contributed by atoms with van der Waals surface area (Å²) >= 11 is 6.12. The van der Waals surface area contributed by atoms with Crippen LogP contribution >= 0.6 is 24.0 Å². The first-order valence-electron chi connectivity index (χ1n) is 6.64. The molecule has 1 unspecified atom stereocenters. The van der Waals surface area contributed by atoms with Gasteiger partial charge in [0.2, 0.25) is 11.7 Å². The Morgan fingerprint density at radius 2 is 2.20 bits per heavy atom. The molecular weight excluding hydrogens is 297 g/mol. The molecule has 3 rings (SSSR count). The maximum Gasteiger partial charge on any atom is 0.227 e. The van der Waals surface area contributed by atoms with Gasteiger partial charge in [-0.1, -0.05) is 28.9 Å². The van der Waals surface area contributed by atoms with Crippen molar-refractivity contribution in [1.29, 1.82) is 0 Å². The zero-order chi connectivity index (χ0) is 13.1. The molecule has 1 aliphatic heterocycles. The van der Waals surface area contributed by atoms with Crippen LogP contribution in [0.3, 0.4) is 0 Å². The van der Waals surface area contributed by atoms with E-state index in [2.05, 4.69) is 15.5 Å². The van der Waals surface area contributed by atoms with Crippen LogP contribution in [0.2, 0.25) is 5.02 Å². The average Bonchev–Trinajstić information content (AvgIpc) is 3.08. The van der Waals surface area contributed by atoms with E-state index in [9.17, 15) is 0 Å². The summed E-state index contributed by atoms with van der Waals surface area (Å²) in [6, 6.07) is 8.12. The van der Waals surface area contributed by atoms with Crippen molar-refractivity contribution in [1.82, 2.24) is 15.5 Å². The first-order chi connectivity index (χ1) is 9.33. The van der Waals surface area contributed by atoms with Gasteiger partial charge >= 0.3 is 0 Å². The summed E-state index contributed by atoms with van der Waals surface area (Å²) in [5.74, 6) is 1.25. The molecule has 4 nitrogen and oxygen atoms in total. The summed E-state index contributed by atoms with van der Waals surface area (Å²) in [6.45, 7) is 1.12. The number of aromatic nitrogens is 2. The number of nitrogens with zero attached hydrogens (tertiary/aromatic N) is 2. The lowest BCUT2D eigenvalue weighted by Gasteiger charge is -2.06. The van der Waals surface area contributed by atoms with E-state index in [1.165, 1.54) is 12.8 Å². The molecule has 1 aliphatic rings. The molecule has 0 aliphatic carbocycles. The van der Waals surface area contributed by atoms with E-state index in [1.54, 1.807) is 0 Å². The van der Waals surface area contributed by atoms with E-state index in [4.69, 9.17) is 16.1 Å². The number of hydrogen-bond donors (Lipinski definition) is 1. The summed E-state index contributed by atoms with van der Waals surface area (Å²) in [7, 11) is 0. The second-order valence-electron chi connectivity index (χ2n) is 4.82. The Bertz CT molecular complexity index is 553. The van der Waals surface area contributed by atoms with E-state index < -0.39 is 0 Å². The van der Waals surface area contributed by atoms with Crippen molar-refractivity contribution >= 4 is 24.0 Å². The minimum atomic E-state index is 0. The second kappa shape index (κ2) is 7.07. The third kappa shape index (κ3) is 3.51. The highest BCUT2D eigenvalue weighted by Gasteiger charge is 2.16. The number of rotatable bonds is 4. The highest BCUT2D eigenvalue weighted by molar-refractivity contribution is 6.33. The number of benzene rings is 1. The van der Waals surface area contributed by atoms with E-state index in [1.807, 2.05) is 24.3 Å². The van der Waals surface area contributed by atoms with Crippen molar-refractivity contribution < 1.29 is 4.52 Å². The van der Waals surface area contributed by atoms with Gasteiger partial charge in [0.25, 0.3) is 0 Å². The molecular formula is C14H17Cl2N3O. The highest BCUT2D eigenvalue weighted by Crippen LogP contribution is 2.25. The Morgan fingerprint density at radius 1 is 1.35 bits per heavy atom. The van der Waals surface area contributed by atoms with Crippen LogP contribution in [-0.4, -0.2) is 22.7 Å². The number of hydrogen-bond acceptors (Lipinski definition) is 4. The van der Waals surface area contributed by atoms with Crippen LogP contribution in [0.4, 0.5) is 0 Å². The summed E-state index contributed by atoms with van der Waals surface area (Å²) < 4.78 is 5.29. The third-order valence-corrected chi connectivity index (χ3v) is 3.78. The Hall–Kier alpha value is -1.10. The molecule has 0 spiro atoms. The van der Waals surface area contributed by atoms with Crippen molar-refractivity contribution in [2.75, 3.05) is 6.54 Å². The van der Waals surface area contributed by atoms with Crippen LogP contribution in [0.25, 0.3) is 11.4 Å². The first-order valence-corrected chi connectivity index (χ1v) is 7.01. The molecule has 2 heterocycles. The molecule has 1 fully saturated rings. The average molecular weight is 314 g/mol.